The van der Waals surface area contributed by atoms with Crippen molar-refractivity contribution in [2.24, 2.45) is 5.73 Å². The van der Waals surface area contributed by atoms with Crippen LogP contribution in [-0.4, -0.2) is 55.5 Å². The highest BCUT2D eigenvalue weighted by atomic mass is 35.5. The van der Waals surface area contributed by atoms with Crippen LogP contribution < -0.4 is 16.0 Å². The fourth-order valence-corrected chi connectivity index (χ4v) is 2.62. The van der Waals surface area contributed by atoms with Gasteiger partial charge in [-0.3, -0.25) is 9.59 Å². The number of carbonyl (C=O) groups is 2. The molecular formula is C17H28Cl2N4O2. The summed E-state index contributed by atoms with van der Waals surface area (Å²) in [6.07, 6.45) is 0.925. The molecule has 1 atom stereocenters. The summed E-state index contributed by atoms with van der Waals surface area (Å²) >= 11 is 0. The van der Waals surface area contributed by atoms with E-state index in [1.807, 2.05) is 30.0 Å². The number of anilines is 1. The number of para-hydroxylation sites is 1. The lowest BCUT2D eigenvalue weighted by Crippen LogP contribution is -2.49. The first kappa shape index (κ1) is 23.5. The van der Waals surface area contributed by atoms with E-state index < -0.39 is 6.04 Å². The minimum absolute atomic E-state index is 0. The van der Waals surface area contributed by atoms with Gasteiger partial charge in [0.15, 0.2) is 0 Å². The highest BCUT2D eigenvalue weighted by Gasteiger charge is 2.21. The van der Waals surface area contributed by atoms with E-state index >= 15 is 0 Å². The van der Waals surface area contributed by atoms with E-state index in [1.165, 1.54) is 5.69 Å². The molecule has 1 aromatic carbocycles. The number of rotatable bonds is 6. The van der Waals surface area contributed by atoms with Crippen molar-refractivity contribution in [3.05, 3.63) is 30.3 Å². The largest absolute Gasteiger partial charge is 0.368 e. The van der Waals surface area contributed by atoms with Crippen LogP contribution in [0.1, 0.15) is 19.8 Å². The normalized spacial score (nSPS) is 14.8. The van der Waals surface area contributed by atoms with Gasteiger partial charge < -0.3 is 20.9 Å². The second kappa shape index (κ2) is 12.0. The molecule has 1 aliphatic rings. The minimum Gasteiger partial charge on any atom is -0.368 e. The standard InChI is InChI=1S/C17H26N4O2.2ClH/c1-2-15(18)17(23)19-9-8-16(22)21-12-10-20(11-13-21)14-6-4-3-5-7-14;;/h3-7,15H,2,8-13,18H2,1H3,(H,19,23);2*1H/t15-;;/m0../s1. The average Bonchev–Trinajstić information content (AvgIpc) is 2.61. The highest BCUT2D eigenvalue weighted by Crippen LogP contribution is 2.15. The lowest BCUT2D eigenvalue weighted by atomic mass is 10.2. The van der Waals surface area contributed by atoms with Crippen molar-refractivity contribution in [1.29, 1.82) is 0 Å². The Balaban J connectivity index is 0.00000288. The summed E-state index contributed by atoms with van der Waals surface area (Å²) in [5.74, 6) is -0.0997. The van der Waals surface area contributed by atoms with Crippen LogP contribution in [0, 0.1) is 0 Å². The molecule has 25 heavy (non-hydrogen) atoms. The number of nitrogens with two attached hydrogens (primary N) is 1. The minimum atomic E-state index is -0.487. The number of amides is 2. The third-order valence-electron chi connectivity index (χ3n) is 4.17. The zero-order chi connectivity index (χ0) is 16.7. The van der Waals surface area contributed by atoms with E-state index in [2.05, 4.69) is 22.3 Å². The van der Waals surface area contributed by atoms with Crippen LogP contribution in [0.2, 0.25) is 0 Å². The fraction of sp³-hybridized carbons (Fsp3) is 0.529. The molecule has 0 saturated carbocycles. The van der Waals surface area contributed by atoms with E-state index in [4.69, 9.17) is 5.73 Å². The van der Waals surface area contributed by atoms with Crippen LogP contribution in [0.15, 0.2) is 30.3 Å². The Labute approximate surface area is 161 Å². The molecule has 1 aromatic rings. The van der Waals surface area contributed by atoms with Gasteiger partial charge in [-0.05, 0) is 18.6 Å². The van der Waals surface area contributed by atoms with E-state index in [0.717, 1.165) is 26.2 Å². The van der Waals surface area contributed by atoms with Crippen LogP contribution in [-0.2, 0) is 9.59 Å². The summed E-state index contributed by atoms with van der Waals surface area (Å²) in [5.41, 5.74) is 6.83. The van der Waals surface area contributed by atoms with Gasteiger partial charge in [0.25, 0.3) is 0 Å². The van der Waals surface area contributed by atoms with Gasteiger partial charge in [-0.2, -0.15) is 0 Å². The van der Waals surface area contributed by atoms with Crippen molar-refractivity contribution in [2.75, 3.05) is 37.6 Å². The maximum atomic E-state index is 12.2. The smallest absolute Gasteiger partial charge is 0.236 e. The average molecular weight is 391 g/mol. The lowest BCUT2D eigenvalue weighted by molar-refractivity contribution is -0.131. The van der Waals surface area contributed by atoms with Crippen LogP contribution in [0.4, 0.5) is 5.69 Å². The first-order valence-corrected chi connectivity index (χ1v) is 8.23. The third kappa shape index (κ3) is 7.10. The van der Waals surface area contributed by atoms with Crippen molar-refractivity contribution in [1.82, 2.24) is 10.2 Å². The number of carbonyl (C=O) groups excluding carboxylic acids is 2. The molecule has 0 bridgehead atoms. The van der Waals surface area contributed by atoms with E-state index in [1.54, 1.807) is 0 Å². The zero-order valence-electron chi connectivity index (χ0n) is 14.5. The first-order chi connectivity index (χ1) is 11.1. The Morgan fingerprint density at radius 1 is 1.12 bits per heavy atom. The summed E-state index contributed by atoms with van der Waals surface area (Å²) in [6, 6.07) is 9.74. The number of nitrogens with zero attached hydrogens (tertiary/aromatic N) is 2. The van der Waals surface area contributed by atoms with Crippen molar-refractivity contribution >= 4 is 42.3 Å². The van der Waals surface area contributed by atoms with Gasteiger partial charge in [-0.1, -0.05) is 25.1 Å². The molecule has 0 unspecified atom stereocenters. The van der Waals surface area contributed by atoms with Crippen LogP contribution in [0.3, 0.4) is 0 Å². The van der Waals surface area contributed by atoms with Gasteiger partial charge >= 0.3 is 0 Å². The predicted octanol–water partition coefficient (Wildman–Crippen LogP) is 1.42. The van der Waals surface area contributed by atoms with Crippen LogP contribution in [0.5, 0.6) is 0 Å². The number of nitrogens with one attached hydrogen (secondary N) is 1. The van der Waals surface area contributed by atoms with Gasteiger partial charge in [-0.15, -0.1) is 24.8 Å². The Bertz CT molecular complexity index is 523. The second-order valence-electron chi connectivity index (χ2n) is 5.76. The molecule has 1 heterocycles. The molecule has 1 saturated heterocycles. The number of hydrogen-bond acceptors (Lipinski definition) is 4. The van der Waals surface area contributed by atoms with E-state index in [0.29, 0.717) is 19.4 Å². The van der Waals surface area contributed by atoms with Gasteiger partial charge in [-0.25, -0.2) is 0 Å². The maximum absolute atomic E-state index is 12.2. The lowest BCUT2D eigenvalue weighted by Gasteiger charge is -2.36. The number of benzene rings is 1. The molecule has 0 aromatic heterocycles. The Morgan fingerprint density at radius 2 is 1.72 bits per heavy atom. The van der Waals surface area contributed by atoms with Crippen LogP contribution >= 0.6 is 24.8 Å². The third-order valence-corrected chi connectivity index (χ3v) is 4.17. The molecular weight excluding hydrogens is 363 g/mol. The molecule has 0 radical (unpaired) electrons. The Hall–Kier alpha value is -1.50. The summed E-state index contributed by atoms with van der Waals surface area (Å²) < 4.78 is 0. The van der Waals surface area contributed by atoms with E-state index in [-0.39, 0.29) is 36.6 Å². The van der Waals surface area contributed by atoms with Crippen molar-refractivity contribution < 1.29 is 9.59 Å². The van der Waals surface area contributed by atoms with Gasteiger partial charge in [0, 0.05) is 44.8 Å². The molecule has 0 aliphatic carbocycles. The number of piperazine rings is 1. The molecule has 1 fully saturated rings. The van der Waals surface area contributed by atoms with Crippen molar-refractivity contribution in [3.8, 4) is 0 Å². The molecule has 3 N–H and O–H groups in total. The molecule has 2 rings (SSSR count). The zero-order valence-corrected chi connectivity index (χ0v) is 16.2. The predicted molar refractivity (Wildman–Crippen MR) is 106 cm³/mol. The molecule has 2 amide bonds. The summed E-state index contributed by atoms with van der Waals surface area (Å²) in [6.45, 7) is 5.32. The summed E-state index contributed by atoms with van der Waals surface area (Å²) in [5, 5.41) is 2.72. The van der Waals surface area contributed by atoms with E-state index in [9.17, 15) is 9.59 Å². The fourth-order valence-electron chi connectivity index (χ4n) is 2.62. The number of hydrogen-bond donors (Lipinski definition) is 2. The van der Waals surface area contributed by atoms with Crippen molar-refractivity contribution in [2.45, 2.75) is 25.8 Å². The first-order valence-electron chi connectivity index (χ1n) is 8.23. The SMILES string of the molecule is CC[C@H](N)C(=O)NCCC(=O)N1CCN(c2ccccc2)CC1.Cl.Cl. The maximum Gasteiger partial charge on any atom is 0.236 e. The van der Waals surface area contributed by atoms with Gasteiger partial charge in [0.1, 0.15) is 0 Å². The Morgan fingerprint density at radius 3 is 2.28 bits per heavy atom. The van der Waals surface area contributed by atoms with Crippen molar-refractivity contribution in [3.63, 3.8) is 0 Å². The Kier molecular flexibility index (Phi) is 11.2. The summed E-state index contributed by atoms with van der Waals surface area (Å²) in [4.78, 5) is 27.9. The molecule has 8 heteroatoms. The summed E-state index contributed by atoms with van der Waals surface area (Å²) in [7, 11) is 0. The molecule has 6 nitrogen and oxygen atoms in total. The van der Waals surface area contributed by atoms with Crippen LogP contribution in [0.25, 0.3) is 0 Å². The number of halogens is 2. The van der Waals surface area contributed by atoms with Gasteiger partial charge in [0.2, 0.25) is 11.8 Å². The quantitative estimate of drug-likeness (QED) is 0.769. The monoisotopic (exact) mass is 390 g/mol. The second-order valence-corrected chi connectivity index (χ2v) is 5.76. The molecule has 142 valence electrons. The highest BCUT2D eigenvalue weighted by molar-refractivity contribution is 5.85. The topological polar surface area (TPSA) is 78.7 Å². The molecule has 0 spiro atoms. The molecule has 1 aliphatic heterocycles. The van der Waals surface area contributed by atoms with Gasteiger partial charge in [0.05, 0.1) is 6.04 Å².